The third-order valence-electron chi connectivity index (χ3n) is 7.29. The minimum absolute atomic E-state index is 0.0307. The van der Waals surface area contributed by atoms with Crippen LogP contribution in [0.4, 0.5) is 0 Å². The fourth-order valence-electron chi connectivity index (χ4n) is 4.94. The van der Waals surface area contributed by atoms with Crippen molar-refractivity contribution in [2.24, 2.45) is 0 Å². The topological polar surface area (TPSA) is 81.1 Å². The van der Waals surface area contributed by atoms with E-state index < -0.39 is 0 Å². The summed E-state index contributed by atoms with van der Waals surface area (Å²) in [5, 5.41) is 4.05. The summed E-state index contributed by atoms with van der Waals surface area (Å²) in [5.41, 5.74) is 4.59. The minimum atomic E-state index is -0.190. The highest BCUT2D eigenvalue weighted by atomic mass is 32.2. The van der Waals surface area contributed by atoms with Crippen molar-refractivity contribution in [1.29, 1.82) is 0 Å². The Hall–Kier alpha value is -3.71. The van der Waals surface area contributed by atoms with Gasteiger partial charge in [-0.1, -0.05) is 90.7 Å². The maximum Gasteiger partial charge on any atom is 0.262 e. The van der Waals surface area contributed by atoms with Crippen LogP contribution in [-0.4, -0.2) is 33.0 Å². The van der Waals surface area contributed by atoms with E-state index in [0.29, 0.717) is 33.7 Å². The zero-order chi connectivity index (χ0) is 27.4. The molecule has 1 aromatic heterocycles. The Morgan fingerprint density at radius 2 is 1.54 bits per heavy atom. The van der Waals surface area contributed by atoms with Gasteiger partial charge < -0.3 is 5.32 Å². The average molecular weight is 540 g/mol. The molecule has 1 fully saturated rings. The van der Waals surface area contributed by atoms with Crippen molar-refractivity contribution in [3.05, 3.63) is 105 Å². The van der Waals surface area contributed by atoms with Gasteiger partial charge in [-0.25, -0.2) is 4.98 Å². The monoisotopic (exact) mass is 539 g/mol. The molecule has 1 aliphatic carbocycles. The molecule has 5 rings (SSSR count). The molecule has 1 saturated carbocycles. The molecule has 7 heteroatoms. The largest absolute Gasteiger partial charge is 0.349 e. The van der Waals surface area contributed by atoms with Crippen LogP contribution < -0.4 is 10.9 Å². The van der Waals surface area contributed by atoms with E-state index in [4.69, 9.17) is 4.98 Å². The quantitative estimate of drug-likeness (QED) is 0.166. The molecule has 0 radical (unpaired) electrons. The van der Waals surface area contributed by atoms with Crippen molar-refractivity contribution in [1.82, 2.24) is 14.9 Å². The molecule has 1 heterocycles. The molecule has 4 aromatic rings. The number of amides is 1. The van der Waals surface area contributed by atoms with Crippen LogP contribution in [0.2, 0.25) is 0 Å². The van der Waals surface area contributed by atoms with Crippen LogP contribution in [-0.2, 0) is 6.54 Å². The molecule has 1 N–H and O–H groups in total. The van der Waals surface area contributed by atoms with Gasteiger partial charge in [0, 0.05) is 17.2 Å². The number of carbonyl (C=O) groups is 2. The summed E-state index contributed by atoms with van der Waals surface area (Å²) in [7, 11) is 0. The summed E-state index contributed by atoms with van der Waals surface area (Å²) in [6.07, 6.45) is 5.47. The van der Waals surface area contributed by atoms with E-state index in [-0.39, 0.29) is 29.0 Å². The van der Waals surface area contributed by atoms with Gasteiger partial charge in [0.05, 0.1) is 23.2 Å². The second kappa shape index (κ2) is 12.0. The number of rotatable bonds is 8. The Morgan fingerprint density at radius 1 is 0.897 bits per heavy atom. The van der Waals surface area contributed by atoms with E-state index in [1.807, 2.05) is 62.4 Å². The lowest BCUT2D eigenvalue weighted by molar-refractivity contribution is 0.0927. The highest BCUT2D eigenvalue weighted by Crippen LogP contribution is 2.22. The molecule has 0 atom stereocenters. The van der Waals surface area contributed by atoms with Crippen LogP contribution in [0.15, 0.2) is 76.7 Å². The number of benzene rings is 3. The Balaban J connectivity index is 1.47. The highest BCUT2D eigenvalue weighted by Gasteiger charge is 2.19. The molecule has 1 aliphatic rings. The average Bonchev–Trinajstić information content (AvgIpc) is 2.95. The first-order chi connectivity index (χ1) is 18.9. The number of fused-ring (bicyclic) bond motifs is 1. The van der Waals surface area contributed by atoms with Crippen LogP contribution in [0.1, 0.15) is 69.5 Å². The maximum absolute atomic E-state index is 13.7. The normalized spacial score (nSPS) is 13.9. The van der Waals surface area contributed by atoms with Crippen molar-refractivity contribution in [2.45, 2.75) is 63.7 Å². The van der Waals surface area contributed by atoms with Gasteiger partial charge in [0.25, 0.3) is 11.5 Å². The standard InChI is InChI=1S/C32H33N3O3S/c1-21-8-12-23(13-9-21)19-35-31(38)27-17-16-25(30(37)33-26-6-4-3-5-7-26)18-28(27)34-32(35)39-20-29(36)24-14-10-22(2)11-15-24/h8-18,26H,3-7,19-20H2,1-2H3,(H,33,37). The molecule has 6 nitrogen and oxygen atoms in total. The molecule has 0 spiro atoms. The van der Waals surface area contributed by atoms with Gasteiger partial charge in [-0.3, -0.25) is 19.0 Å². The predicted molar refractivity (Wildman–Crippen MR) is 157 cm³/mol. The maximum atomic E-state index is 13.7. The highest BCUT2D eigenvalue weighted by molar-refractivity contribution is 7.99. The van der Waals surface area contributed by atoms with Gasteiger partial charge in [0.2, 0.25) is 0 Å². The van der Waals surface area contributed by atoms with E-state index in [0.717, 1.165) is 42.4 Å². The van der Waals surface area contributed by atoms with Gasteiger partial charge in [-0.15, -0.1) is 0 Å². The van der Waals surface area contributed by atoms with E-state index in [1.54, 1.807) is 22.8 Å². The molecule has 3 aromatic carbocycles. The molecule has 1 amide bonds. The first-order valence-electron chi connectivity index (χ1n) is 13.5. The minimum Gasteiger partial charge on any atom is -0.349 e. The molecule has 0 bridgehead atoms. The van der Waals surface area contributed by atoms with E-state index in [2.05, 4.69) is 5.32 Å². The first-order valence-corrected chi connectivity index (χ1v) is 14.5. The molecule has 0 aliphatic heterocycles. The van der Waals surface area contributed by atoms with Crippen molar-refractivity contribution < 1.29 is 9.59 Å². The summed E-state index contributed by atoms with van der Waals surface area (Å²) in [5.74, 6) is -0.0217. The Bertz CT molecular complexity index is 1550. The lowest BCUT2D eigenvalue weighted by Gasteiger charge is -2.22. The summed E-state index contributed by atoms with van der Waals surface area (Å²) in [6.45, 7) is 4.34. The van der Waals surface area contributed by atoms with Crippen LogP contribution in [0.5, 0.6) is 0 Å². The van der Waals surface area contributed by atoms with Crippen LogP contribution in [0, 0.1) is 13.8 Å². The summed E-state index contributed by atoms with van der Waals surface area (Å²) >= 11 is 1.25. The number of aryl methyl sites for hydroxylation is 2. The van der Waals surface area contributed by atoms with Crippen LogP contribution >= 0.6 is 11.8 Å². The number of carbonyl (C=O) groups excluding carboxylic acids is 2. The molecule has 200 valence electrons. The molecular formula is C32H33N3O3S. The fourth-order valence-corrected chi connectivity index (χ4v) is 5.83. The second-order valence-electron chi connectivity index (χ2n) is 10.4. The second-order valence-corrected chi connectivity index (χ2v) is 11.3. The van der Waals surface area contributed by atoms with Gasteiger partial charge >= 0.3 is 0 Å². The molecular weight excluding hydrogens is 506 g/mol. The van der Waals surface area contributed by atoms with E-state index >= 15 is 0 Å². The zero-order valence-electron chi connectivity index (χ0n) is 22.4. The number of ketones is 1. The third-order valence-corrected chi connectivity index (χ3v) is 8.27. The number of hydrogen-bond acceptors (Lipinski definition) is 5. The summed E-state index contributed by atoms with van der Waals surface area (Å²) < 4.78 is 1.63. The predicted octanol–water partition coefficient (Wildman–Crippen LogP) is 6.10. The Morgan fingerprint density at radius 3 is 2.23 bits per heavy atom. The van der Waals surface area contributed by atoms with E-state index in [1.165, 1.54) is 18.2 Å². The number of hydrogen-bond donors (Lipinski definition) is 1. The first kappa shape index (κ1) is 26.9. The fraction of sp³-hybridized carbons (Fsp3) is 0.312. The lowest BCUT2D eigenvalue weighted by Crippen LogP contribution is -2.36. The van der Waals surface area contributed by atoms with Gasteiger partial charge in [-0.05, 0) is 50.5 Å². The number of nitrogens with zero attached hydrogens (tertiary/aromatic N) is 2. The number of aromatic nitrogens is 2. The third kappa shape index (κ3) is 6.48. The van der Waals surface area contributed by atoms with Crippen molar-refractivity contribution in [2.75, 3.05) is 5.75 Å². The Kier molecular flexibility index (Phi) is 8.27. The van der Waals surface area contributed by atoms with Crippen molar-refractivity contribution in [3.8, 4) is 0 Å². The molecule has 39 heavy (non-hydrogen) atoms. The summed E-state index contributed by atoms with van der Waals surface area (Å²) in [4.78, 5) is 44.4. The smallest absolute Gasteiger partial charge is 0.262 e. The number of thioether (sulfide) groups is 1. The zero-order valence-corrected chi connectivity index (χ0v) is 23.2. The lowest BCUT2D eigenvalue weighted by atomic mass is 9.95. The van der Waals surface area contributed by atoms with Crippen molar-refractivity contribution in [3.63, 3.8) is 0 Å². The van der Waals surface area contributed by atoms with Crippen LogP contribution in [0.25, 0.3) is 10.9 Å². The van der Waals surface area contributed by atoms with Gasteiger partial charge in [0.1, 0.15) is 0 Å². The van der Waals surface area contributed by atoms with E-state index in [9.17, 15) is 14.4 Å². The number of nitrogens with one attached hydrogen (secondary N) is 1. The van der Waals surface area contributed by atoms with Gasteiger partial charge in [0.15, 0.2) is 10.9 Å². The molecule has 0 saturated heterocycles. The van der Waals surface area contributed by atoms with Crippen LogP contribution in [0.3, 0.4) is 0 Å². The Labute approximate surface area is 232 Å². The summed E-state index contributed by atoms with van der Waals surface area (Å²) in [6, 6.07) is 20.8. The van der Waals surface area contributed by atoms with Crippen molar-refractivity contribution >= 4 is 34.4 Å². The van der Waals surface area contributed by atoms with Gasteiger partial charge in [-0.2, -0.15) is 0 Å². The SMILES string of the molecule is Cc1ccc(Cn2c(SCC(=O)c3ccc(C)cc3)nc3cc(C(=O)NC4CCCCC4)ccc3c2=O)cc1. The number of Topliss-reactive ketones (excluding diaryl/α,β-unsaturated/α-hetero) is 1. The molecule has 0 unspecified atom stereocenters.